The Morgan fingerprint density at radius 2 is 1.90 bits per heavy atom. The number of benzene rings is 2. The molecule has 5 rings (SSSR count). The van der Waals surface area contributed by atoms with Crippen LogP contribution in [-0.2, 0) is 13.0 Å². The van der Waals surface area contributed by atoms with Gasteiger partial charge in [0.05, 0.1) is 35.3 Å². The molecule has 0 saturated carbocycles. The van der Waals surface area contributed by atoms with Crippen LogP contribution in [0.4, 0.5) is 11.4 Å². The normalized spacial score (nSPS) is 11.2. The summed E-state index contributed by atoms with van der Waals surface area (Å²) in [4.78, 5) is 20.5. The first-order valence-corrected chi connectivity index (χ1v) is 13.7. The van der Waals surface area contributed by atoms with Gasteiger partial charge in [-0.2, -0.15) is 5.10 Å². The Hall–Kier alpha value is -4.39. The van der Waals surface area contributed by atoms with E-state index in [1.54, 1.807) is 6.07 Å². The molecular formula is C32H35N5O2. The summed E-state index contributed by atoms with van der Waals surface area (Å²) < 4.78 is 7.83. The van der Waals surface area contributed by atoms with Crippen LogP contribution < -0.4 is 15.0 Å². The molecule has 0 atom stereocenters. The Morgan fingerprint density at radius 3 is 2.72 bits per heavy atom. The molecule has 0 bridgehead atoms. The van der Waals surface area contributed by atoms with Crippen LogP contribution in [0.2, 0.25) is 0 Å². The van der Waals surface area contributed by atoms with E-state index < -0.39 is 0 Å². The molecule has 7 heteroatoms. The van der Waals surface area contributed by atoms with E-state index in [4.69, 9.17) is 9.72 Å². The number of carbonyl (C=O) groups is 1. The molecule has 1 aliphatic carbocycles. The second kappa shape index (κ2) is 12.0. The molecule has 1 amide bonds. The zero-order chi connectivity index (χ0) is 27.2. The first-order valence-electron chi connectivity index (χ1n) is 13.7. The third-order valence-corrected chi connectivity index (χ3v) is 6.95. The molecule has 1 aliphatic heterocycles. The lowest BCUT2D eigenvalue weighted by Gasteiger charge is -2.19. The molecule has 2 aliphatic rings. The van der Waals surface area contributed by atoms with Crippen molar-refractivity contribution in [2.24, 2.45) is 0 Å². The first kappa shape index (κ1) is 26.2. The van der Waals surface area contributed by atoms with Gasteiger partial charge in [-0.05, 0) is 55.7 Å². The summed E-state index contributed by atoms with van der Waals surface area (Å²) in [5.74, 6) is 0.394. The average Bonchev–Trinajstić information content (AvgIpc) is 3.50. The molecule has 200 valence electrons. The summed E-state index contributed by atoms with van der Waals surface area (Å²) in [5, 5.41) is 8.53. The standard InChI is InChI=1S/C32H35N5O2/c1-4-6-19-39-30-16-8-7-12-27(30)32(38)34-24-11-9-13-25-26-14-10-15-29(31(26)35-28(25)20-24)36(3)18-17-23-21-33-37(5-2)22-23/h7-16,20-22H,4-6,17-19H2,1-3H3,(H,34,38). The molecule has 0 fully saturated rings. The van der Waals surface area contributed by atoms with E-state index in [0.717, 1.165) is 60.2 Å². The summed E-state index contributed by atoms with van der Waals surface area (Å²) in [7, 11) is 2.10. The van der Waals surface area contributed by atoms with Gasteiger partial charge in [-0.1, -0.05) is 49.7 Å². The number of aromatic nitrogens is 3. The van der Waals surface area contributed by atoms with Gasteiger partial charge in [0.2, 0.25) is 0 Å². The summed E-state index contributed by atoms with van der Waals surface area (Å²) in [6, 6.07) is 21.5. The zero-order valence-corrected chi connectivity index (χ0v) is 22.9. The number of rotatable bonds is 11. The van der Waals surface area contributed by atoms with Crippen LogP contribution in [0, 0.1) is 0 Å². The monoisotopic (exact) mass is 521 g/mol. The number of unbranched alkanes of at least 4 members (excludes halogenated alkanes) is 1. The number of aryl methyl sites for hydroxylation is 1. The summed E-state index contributed by atoms with van der Waals surface area (Å²) in [6.07, 6.45) is 6.93. The van der Waals surface area contributed by atoms with Crippen LogP contribution in [0.25, 0.3) is 22.2 Å². The molecule has 0 unspecified atom stereocenters. The Morgan fingerprint density at radius 1 is 1.05 bits per heavy atom. The van der Waals surface area contributed by atoms with Crippen molar-refractivity contribution in [2.75, 3.05) is 30.4 Å². The minimum Gasteiger partial charge on any atom is -0.493 e. The number of hydrogen-bond donors (Lipinski definition) is 1. The van der Waals surface area contributed by atoms with Crippen LogP contribution in [0.1, 0.15) is 42.6 Å². The third-order valence-electron chi connectivity index (χ3n) is 6.95. The Labute approximate surface area is 229 Å². The number of para-hydroxylation sites is 2. The fourth-order valence-electron chi connectivity index (χ4n) is 4.73. The van der Waals surface area contributed by atoms with E-state index >= 15 is 0 Å². The number of hydrogen-bond acceptors (Lipinski definition) is 5. The Balaban J connectivity index is 1.38. The number of nitrogens with zero attached hydrogens (tertiary/aromatic N) is 4. The minimum absolute atomic E-state index is 0.204. The van der Waals surface area contributed by atoms with Gasteiger partial charge >= 0.3 is 0 Å². The summed E-state index contributed by atoms with van der Waals surface area (Å²) in [5.41, 5.74) is 6.35. The fraction of sp³-hybridized carbons (Fsp3) is 0.281. The lowest BCUT2D eigenvalue weighted by atomic mass is 10.1. The minimum atomic E-state index is -0.204. The highest BCUT2D eigenvalue weighted by atomic mass is 16.5. The molecule has 0 spiro atoms. The summed E-state index contributed by atoms with van der Waals surface area (Å²) >= 11 is 0. The number of likely N-dealkylation sites (N-methyl/N-ethyl adjacent to an activating group) is 1. The lowest BCUT2D eigenvalue weighted by Crippen LogP contribution is -2.20. The molecule has 2 aromatic carbocycles. The topological polar surface area (TPSA) is 72.3 Å². The van der Waals surface area contributed by atoms with Crippen LogP contribution in [0.3, 0.4) is 0 Å². The van der Waals surface area contributed by atoms with E-state index in [1.807, 2.05) is 47.3 Å². The SMILES string of the molecule is CCCCOc1ccccc1C(=O)Nc1cccc2c3cccc(N(C)CCc4cnn(CC)c4)c3nc-2c1. The quantitative estimate of drug-likeness (QED) is 0.197. The molecule has 0 radical (unpaired) electrons. The molecule has 3 aromatic rings. The van der Waals surface area contributed by atoms with Crippen molar-refractivity contribution in [1.82, 2.24) is 14.8 Å². The van der Waals surface area contributed by atoms with E-state index in [9.17, 15) is 4.79 Å². The number of nitrogens with one attached hydrogen (secondary N) is 1. The van der Waals surface area contributed by atoms with E-state index in [0.29, 0.717) is 23.6 Å². The highest BCUT2D eigenvalue weighted by Crippen LogP contribution is 2.36. The Kier molecular flexibility index (Phi) is 8.06. The maximum absolute atomic E-state index is 13.2. The first-order chi connectivity index (χ1) is 19.1. The number of amides is 1. The molecule has 1 N–H and O–H groups in total. The largest absolute Gasteiger partial charge is 0.493 e. The van der Waals surface area contributed by atoms with Crippen molar-refractivity contribution in [2.45, 2.75) is 39.7 Å². The number of ether oxygens (including phenoxy) is 1. The van der Waals surface area contributed by atoms with Crippen LogP contribution >= 0.6 is 0 Å². The fourth-order valence-corrected chi connectivity index (χ4v) is 4.73. The third kappa shape index (κ3) is 5.87. The summed E-state index contributed by atoms with van der Waals surface area (Å²) in [6.45, 7) is 6.52. The number of anilines is 2. The van der Waals surface area contributed by atoms with Crippen molar-refractivity contribution in [3.05, 3.63) is 90.3 Å². The van der Waals surface area contributed by atoms with Crippen molar-refractivity contribution < 1.29 is 9.53 Å². The van der Waals surface area contributed by atoms with Crippen LogP contribution in [0.15, 0.2) is 79.1 Å². The van der Waals surface area contributed by atoms with Crippen molar-refractivity contribution in [3.63, 3.8) is 0 Å². The molecule has 39 heavy (non-hydrogen) atoms. The van der Waals surface area contributed by atoms with Crippen LogP contribution in [-0.4, -0.2) is 40.9 Å². The van der Waals surface area contributed by atoms with Gasteiger partial charge in [0.25, 0.3) is 5.91 Å². The van der Waals surface area contributed by atoms with Gasteiger partial charge in [0.15, 0.2) is 0 Å². The highest BCUT2D eigenvalue weighted by Gasteiger charge is 2.17. The number of fused-ring (bicyclic) bond motifs is 3. The van der Waals surface area contributed by atoms with Gasteiger partial charge in [-0.25, -0.2) is 4.98 Å². The van der Waals surface area contributed by atoms with E-state index in [1.165, 1.54) is 5.56 Å². The maximum Gasteiger partial charge on any atom is 0.259 e. The van der Waals surface area contributed by atoms with Crippen molar-refractivity contribution in [3.8, 4) is 17.0 Å². The Bertz CT molecular complexity index is 1540. The molecule has 0 saturated heterocycles. The second-order valence-electron chi connectivity index (χ2n) is 9.74. The van der Waals surface area contributed by atoms with Crippen molar-refractivity contribution >= 4 is 28.2 Å². The maximum atomic E-state index is 13.2. The van der Waals surface area contributed by atoms with Crippen molar-refractivity contribution in [1.29, 1.82) is 0 Å². The van der Waals surface area contributed by atoms with Crippen LogP contribution in [0.5, 0.6) is 5.75 Å². The predicted octanol–water partition coefficient (Wildman–Crippen LogP) is 6.67. The van der Waals surface area contributed by atoms with E-state index in [2.05, 4.69) is 66.7 Å². The van der Waals surface area contributed by atoms with Gasteiger partial charge < -0.3 is 15.0 Å². The average molecular weight is 522 g/mol. The van der Waals surface area contributed by atoms with Gasteiger partial charge in [-0.3, -0.25) is 9.48 Å². The predicted molar refractivity (Wildman–Crippen MR) is 158 cm³/mol. The second-order valence-corrected chi connectivity index (χ2v) is 9.74. The molecule has 2 heterocycles. The van der Waals surface area contributed by atoms with Gasteiger partial charge in [0.1, 0.15) is 5.75 Å². The number of carbonyl (C=O) groups excluding carboxylic acids is 1. The van der Waals surface area contributed by atoms with Gasteiger partial charge in [-0.15, -0.1) is 0 Å². The van der Waals surface area contributed by atoms with E-state index in [-0.39, 0.29) is 5.91 Å². The van der Waals surface area contributed by atoms with Gasteiger partial charge in [0, 0.05) is 43.0 Å². The highest BCUT2D eigenvalue weighted by molar-refractivity contribution is 6.07. The molecule has 1 aromatic heterocycles. The lowest BCUT2D eigenvalue weighted by molar-refractivity contribution is 0.102. The molecular weight excluding hydrogens is 486 g/mol. The molecule has 7 nitrogen and oxygen atoms in total. The smallest absolute Gasteiger partial charge is 0.259 e. The zero-order valence-electron chi connectivity index (χ0n) is 22.9.